The Balaban J connectivity index is 1.43. The Morgan fingerprint density at radius 1 is 1.11 bits per heavy atom. The van der Waals surface area contributed by atoms with Gasteiger partial charge in [-0.3, -0.25) is 14.2 Å². The van der Waals surface area contributed by atoms with Crippen molar-refractivity contribution >= 4 is 17.5 Å². The minimum atomic E-state index is -0.000500. The molecule has 0 aromatic carbocycles. The number of carbonyl (C=O) groups excluding carboxylic acids is 1. The van der Waals surface area contributed by atoms with Crippen LogP contribution in [0.25, 0.3) is 11.3 Å². The highest BCUT2D eigenvalue weighted by Crippen LogP contribution is 2.42. The number of nitrogens with zero attached hydrogens (tertiary/aromatic N) is 6. The first-order chi connectivity index (χ1) is 16.5. The lowest BCUT2D eigenvalue weighted by Crippen LogP contribution is -2.48. The lowest BCUT2D eigenvalue weighted by molar-refractivity contribution is 0.0283. The molecule has 2 aromatic heterocycles. The molecule has 0 saturated carbocycles. The fraction of sp³-hybridized carbons (Fsp3) is 0.741. The third-order valence-electron chi connectivity index (χ3n) is 8.01. The fourth-order valence-electron chi connectivity index (χ4n) is 5.37. The molecular weight excluding hydrogens is 460 g/mol. The minimum Gasteiger partial charge on any atom is -0.338 e. The summed E-state index contributed by atoms with van der Waals surface area (Å²) in [5, 5.41) is 9.57. The molecule has 1 spiro atoms. The first kappa shape index (κ1) is 26.2. The molecule has 2 fully saturated rings. The summed E-state index contributed by atoms with van der Waals surface area (Å²) in [6, 6.07) is 0.241. The molecule has 8 heteroatoms. The average molecular weight is 503 g/mol. The van der Waals surface area contributed by atoms with Crippen LogP contribution in [0.3, 0.4) is 0 Å². The van der Waals surface area contributed by atoms with Crippen LogP contribution in [0.15, 0.2) is 12.4 Å². The monoisotopic (exact) mass is 502 g/mol. The van der Waals surface area contributed by atoms with Gasteiger partial charge in [-0.15, -0.1) is 0 Å². The van der Waals surface area contributed by atoms with Crippen LogP contribution in [0.4, 0.5) is 0 Å². The lowest BCUT2D eigenvalue weighted by Gasteiger charge is -2.47. The zero-order valence-corrected chi connectivity index (χ0v) is 23.2. The average Bonchev–Trinajstić information content (AvgIpc) is 3.43. The van der Waals surface area contributed by atoms with E-state index >= 15 is 0 Å². The largest absolute Gasteiger partial charge is 0.338 e. The summed E-state index contributed by atoms with van der Waals surface area (Å²) in [7, 11) is 0. The summed E-state index contributed by atoms with van der Waals surface area (Å²) in [5.41, 5.74) is 2.77. The topological polar surface area (TPSA) is 59.2 Å². The maximum atomic E-state index is 13.7. The Morgan fingerprint density at radius 3 is 2.29 bits per heavy atom. The summed E-state index contributed by atoms with van der Waals surface area (Å²) < 4.78 is 3.61. The van der Waals surface area contributed by atoms with E-state index in [9.17, 15) is 4.79 Å². The highest BCUT2D eigenvalue weighted by Gasteiger charge is 2.40. The van der Waals surface area contributed by atoms with Crippen LogP contribution in [-0.4, -0.2) is 68.0 Å². The van der Waals surface area contributed by atoms with Crippen LogP contribution < -0.4 is 0 Å². The van der Waals surface area contributed by atoms with Crippen molar-refractivity contribution in [3.8, 4) is 11.3 Å². The van der Waals surface area contributed by atoms with Crippen molar-refractivity contribution in [2.75, 3.05) is 32.7 Å². The van der Waals surface area contributed by atoms with E-state index in [1.165, 1.54) is 38.9 Å². The number of aromatic nitrogens is 4. The lowest BCUT2D eigenvalue weighted by atomic mass is 9.71. The van der Waals surface area contributed by atoms with Crippen LogP contribution in [0, 0.1) is 10.8 Å². The molecule has 1 amide bonds. The van der Waals surface area contributed by atoms with Gasteiger partial charge in [-0.25, -0.2) is 0 Å². The molecule has 2 saturated heterocycles. The summed E-state index contributed by atoms with van der Waals surface area (Å²) in [5.74, 6) is -0.000500. The Kier molecular flexibility index (Phi) is 7.68. The minimum absolute atomic E-state index is 0.000500. The third kappa shape index (κ3) is 5.77. The van der Waals surface area contributed by atoms with Gasteiger partial charge in [0.25, 0.3) is 5.91 Å². The van der Waals surface area contributed by atoms with Gasteiger partial charge in [0, 0.05) is 37.4 Å². The van der Waals surface area contributed by atoms with E-state index in [4.69, 9.17) is 16.7 Å². The number of carbonyl (C=O) groups is 1. The number of halogens is 1. The third-order valence-corrected chi connectivity index (χ3v) is 8.40. The van der Waals surface area contributed by atoms with Crippen LogP contribution in [-0.2, 0) is 6.54 Å². The second kappa shape index (κ2) is 10.3. The standard InChI is InChI=1S/C27H43ClN6O/c1-7-33-24(28)22(23(30-33)21-18-29-34(19-21)20(2)3)25(35)32-16-11-27(12-17-32)9-14-31(15-10-27)13-8-26(4,5)6/h18-20H,7-17H2,1-6H3. The van der Waals surface area contributed by atoms with Gasteiger partial charge in [-0.1, -0.05) is 32.4 Å². The fourth-order valence-corrected chi connectivity index (χ4v) is 5.70. The van der Waals surface area contributed by atoms with Crippen molar-refractivity contribution < 1.29 is 4.79 Å². The molecule has 194 valence electrons. The summed E-state index contributed by atoms with van der Waals surface area (Å²) in [6.45, 7) is 18.9. The molecule has 0 radical (unpaired) electrons. The van der Waals surface area contributed by atoms with Gasteiger partial charge in [0.15, 0.2) is 0 Å². The van der Waals surface area contributed by atoms with E-state index in [0.29, 0.717) is 33.8 Å². The Labute approximate surface area is 215 Å². The van der Waals surface area contributed by atoms with E-state index < -0.39 is 0 Å². The highest BCUT2D eigenvalue weighted by molar-refractivity contribution is 6.33. The van der Waals surface area contributed by atoms with E-state index in [2.05, 4.69) is 44.6 Å². The van der Waals surface area contributed by atoms with Crippen molar-refractivity contribution in [2.45, 2.75) is 86.2 Å². The van der Waals surface area contributed by atoms with Gasteiger partial charge >= 0.3 is 0 Å². The molecule has 0 aliphatic carbocycles. The van der Waals surface area contributed by atoms with Gasteiger partial charge in [0.05, 0.1) is 6.20 Å². The van der Waals surface area contributed by atoms with Crippen LogP contribution in [0.1, 0.15) is 90.0 Å². The molecule has 0 unspecified atom stereocenters. The molecule has 0 N–H and O–H groups in total. The zero-order chi connectivity index (χ0) is 25.4. The van der Waals surface area contributed by atoms with Gasteiger partial charge < -0.3 is 9.80 Å². The van der Waals surface area contributed by atoms with Crippen LogP contribution in [0.5, 0.6) is 0 Å². The second-order valence-electron chi connectivity index (χ2n) is 12.1. The number of rotatable bonds is 6. The smallest absolute Gasteiger partial charge is 0.259 e. The molecular formula is C27H43ClN6O. The molecule has 4 heterocycles. The first-order valence-corrected chi connectivity index (χ1v) is 13.7. The molecule has 2 aliphatic rings. The van der Waals surface area contributed by atoms with E-state index in [1.807, 2.05) is 22.7 Å². The summed E-state index contributed by atoms with van der Waals surface area (Å²) in [6.07, 6.45) is 9.62. The number of hydrogen-bond acceptors (Lipinski definition) is 4. The number of piperidine rings is 2. The van der Waals surface area contributed by atoms with Crippen LogP contribution >= 0.6 is 11.6 Å². The van der Waals surface area contributed by atoms with Gasteiger partial charge in [-0.05, 0) is 83.3 Å². The highest BCUT2D eigenvalue weighted by atomic mass is 35.5. The van der Waals surface area contributed by atoms with Gasteiger partial charge in [0.1, 0.15) is 16.4 Å². The molecule has 2 aliphatic heterocycles. The first-order valence-electron chi connectivity index (χ1n) is 13.3. The molecule has 35 heavy (non-hydrogen) atoms. The van der Waals surface area contributed by atoms with Crippen molar-refractivity contribution in [2.24, 2.45) is 10.8 Å². The number of amides is 1. The van der Waals surface area contributed by atoms with E-state index in [1.54, 1.807) is 10.9 Å². The zero-order valence-electron chi connectivity index (χ0n) is 22.5. The molecule has 0 bridgehead atoms. The molecule has 7 nitrogen and oxygen atoms in total. The number of aryl methyl sites for hydroxylation is 1. The SMILES string of the molecule is CCn1nc(-c2cnn(C(C)C)c2)c(C(=O)N2CCC3(CCN(CCC(C)(C)C)CC3)CC2)c1Cl. The quantitative estimate of drug-likeness (QED) is 0.504. The van der Waals surface area contributed by atoms with Crippen molar-refractivity contribution in [3.05, 3.63) is 23.1 Å². The summed E-state index contributed by atoms with van der Waals surface area (Å²) in [4.78, 5) is 18.4. The second-order valence-corrected chi connectivity index (χ2v) is 12.4. The van der Waals surface area contributed by atoms with Gasteiger partial charge in [-0.2, -0.15) is 10.2 Å². The number of likely N-dealkylation sites (tertiary alicyclic amines) is 2. The Morgan fingerprint density at radius 2 is 1.74 bits per heavy atom. The Bertz CT molecular complexity index is 1020. The van der Waals surface area contributed by atoms with Crippen molar-refractivity contribution in [1.29, 1.82) is 0 Å². The molecule has 2 aromatic rings. The predicted octanol–water partition coefficient (Wildman–Crippen LogP) is 5.76. The maximum absolute atomic E-state index is 13.7. The van der Waals surface area contributed by atoms with Crippen molar-refractivity contribution in [1.82, 2.24) is 29.4 Å². The molecule has 4 rings (SSSR count). The van der Waals surface area contributed by atoms with Gasteiger partial charge in [0.2, 0.25) is 0 Å². The van der Waals surface area contributed by atoms with Crippen molar-refractivity contribution in [3.63, 3.8) is 0 Å². The maximum Gasteiger partial charge on any atom is 0.259 e. The Hall–Kier alpha value is -1.86. The van der Waals surface area contributed by atoms with E-state index in [0.717, 1.165) is 31.5 Å². The van der Waals surface area contributed by atoms with E-state index in [-0.39, 0.29) is 11.9 Å². The normalized spacial score (nSPS) is 19.1. The van der Waals surface area contributed by atoms with Crippen LogP contribution in [0.2, 0.25) is 5.15 Å². The number of hydrogen-bond donors (Lipinski definition) is 0. The predicted molar refractivity (Wildman–Crippen MR) is 142 cm³/mol. The molecule has 0 atom stereocenters. The summed E-state index contributed by atoms with van der Waals surface area (Å²) >= 11 is 6.70.